The quantitative estimate of drug-likeness (QED) is 0.677. The highest BCUT2D eigenvalue weighted by molar-refractivity contribution is 6.23. The van der Waals surface area contributed by atoms with Crippen molar-refractivity contribution in [1.82, 2.24) is 20.4 Å². The van der Waals surface area contributed by atoms with Crippen LogP contribution >= 0.6 is 0 Å². The van der Waals surface area contributed by atoms with Gasteiger partial charge in [-0.05, 0) is 37.0 Å². The molecule has 8 nitrogen and oxygen atoms in total. The normalized spacial score (nSPS) is 23.6. The van der Waals surface area contributed by atoms with Gasteiger partial charge in [0.05, 0.1) is 11.1 Å². The van der Waals surface area contributed by atoms with E-state index in [9.17, 15) is 14.4 Å². The Morgan fingerprint density at radius 3 is 2.27 bits per heavy atom. The summed E-state index contributed by atoms with van der Waals surface area (Å²) in [5, 5.41) is 5.99. The second-order valence-corrected chi connectivity index (χ2v) is 9.38. The molecule has 0 saturated carbocycles. The van der Waals surface area contributed by atoms with E-state index in [-0.39, 0.29) is 17.7 Å². The molecule has 2 N–H and O–H groups in total. The minimum Gasteiger partial charge on any atom is -0.369 e. The SMILES string of the molecule is C=C1CCC(N2C(=O)c3ccc(N4CCN(CC5CNC5)CC4)cc3C2=O)C(=O)N1.CCC. The molecule has 0 spiro atoms. The minimum atomic E-state index is -0.768. The zero-order chi connectivity index (χ0) is 23.5. The third-order valence-corrected chi connectivity index (χ3v) is 6.66. The van der Waals surface area contributed by atoms with Crippen molar-refractivity contribution in [1.29, 1.82) is 0 Å². The number of nitrogens with one attached hydrogen (secondary N) is 2. The molecular weight excluding hydrogens is 418 g/mol. The van der Waals surface area contributed by atoms with Gasteiger partial charge in [-0.15, -0.1) is 0 Å². The number of piperazine rings is 1. The molecule has 0 aliphatic carbocycles. The number of fused-ring (bicyclic) bond motifs is 1. The number of anilines is 1. The van der Waals surface area contributed by atoms with Crippen molar-refractivity contribution in [2.45, 2.75) is 39.2 Å². The molecule has 0 aromatic heterocycles. The predicted octanol–water partition coefficient (Wildman–Crippen LogP) is 1.83. The molecule has 178 valence electrons. The summed E-state index contributed by atoms with van der Waals surface area (Å²) in [6.07, 6.45) is 2.23. The fourth-order valence-electron chi connectivity index (χ4n) is 4.77. The van der Waals surface area contributed by atoms with Crippen LogP contribution < -0.4 is 15.5 Å². The zero-order valence-electron chi connectivity index (χ0n) is 19.7. The Labute approximate surface area is 196 Å². The van der Waals surface area contributed by atoms with Gasteiger partial charge in [-0.1, -0.05) is 26.8 Å². The number of hydrogen-bond acceptors (Lipinski definition) is 6. The standard InChI is InChI=1S/C22H27N5O3.C3H8/c1-14-2-5-19(20(28)24-14)27-21(29)17-4-3-16(10-18(17)22(27)30)26-8-6-25(7-9-26)13-15-11-23-12-15;1-3-2/h3-4,10,15,19,23H,1-2,5-9,11-13H2,(H,24,28);3H2,1-2H3. The molecule has 0 radical (unpaired) electrons. The van der Waals surface area contributed by atoms with Gasteiger partial charge in [-0.25, -0.2) is 0 Å². The van der Waals surface area contributed by atoms with Crippen LogP contribution in [-0.4, -0.2) is 79.4 Å². The maximum absolute atomic E-state index is 13.1. The average Bonchev–Trinajstić information content (AvgIpc) is 3.02. The first-order valence-corrected chi connectivity index (χ1v) is 12.1. The molecule has 1 atom stereocenters. The van der Waals surface area contributed by atoms with Gasteiger partial charge in [-0.2, -0.15) is 0 Å². The van der Waals surface area contributed by atoms with E-state index in [1.165, 1.54) is 6.42 Å². The van der Waals surface area contributed by atoms with Crippen molar-refractivity contribution < 1.29 is 14.4 Å². The molecule has 3 amide bonds. The molecule has 33 heavy (non-hydrogen) atoms. The Kier molecular flexibility index (Phi) is 7.14. The fourth-order valence-corrected chi connectivity index (χ4v) is 4.77. The number of amides is 3. The summed E-state index contributed by atoms with van der Waals surface area (Å²) >= 11 is 0. The van der Waals surface area contributed by atoms with Gasteiger partial charge >= 0.3 is 0 Å². The third kappa shape index (κ3) is 4.82. The van der Waals surface area contributed by atoms with Gasteiger partial charge < -0.3 is 15.5 Å². The summed E-state index contributed by atoms with van der Waals surface area (Å²) in [5.74, 6) is -0.326. The summed E-state index contributed by atoms with van der Waals surface area (Å²) in [6, 6.07) is 4.70. The molecule has 3 saturated heterocycles. The van der Waals surface area contributed by atoms with E-state index in [1.807, 2.05) is 12.1 Å². The molecule has 4 aliphatic heterocycles. The van der Waals surface area contributed by atoms with Crippen LogP contribution in [0.25, 0.3) is 0 Å². The highest BCUT2D eigenvalue weighted by Gasteiger charge is 2.44. The van der Waals surface area contributed by atoms with Gasteiger partial charge in [0, 0.05) is 57.2 Å². The molecule has 1 unspecified atom stereocenters. The fraction of sp³-hybridized carbons (Fsp3) is 0.560. The van der Waals surface area contributed by atoms with Crippen LogP contribution in [0.5, 0.6) is 0 Å². The monoisotopic (exact) mass is 453 g/mol. The van der Waals surface area contributed by atoms with Crippen LogP contribution in [0.4, 0.5) is 5.69 Å². The summed E-state index contributed by atoms with van der Waals surface area (Å²) in [7, 11) is 0. The Hall–Kier alpha value is -2.71. The Morgan fingerprint density at radius 2 is 1.67 bits per heavy atom. The maximum Gasteiger partial charge on any atom is 0.262 e. The molecule has 1 aromatic carbocycles. The molecule has 3 fully saturated rings. The molecule has 0 bridgehead atoms. The zero-order valence-corrected chi connectivity index (χ0v) is 19.7. The van der Waals surface area contributed by atoms with Crippen LogP contribution in [0.1, 0.15) is 53.8 Å². The van der Waals surface area contributed by atoms with E-state index < -0.39 is 6.04 Å². The van der Waals surface area contributed by atoms with Crippen molar-refractivity contribution in [3.8, 4) is 0 Å². The number of hydrogen-bond donors (Lipinski definition) is 2. The molecule has 4 aliphatic rings. The Balaban J connectivity index is 0.000000821. The second-order valence-electron chi connectivity index (χ2n) is 9.38. The van der Waals surface area contributed by atoms with Crippen molar-refractivity contribution in [2.24, 2.45) is 5.92 Å². The first-order chi connectivity index (χ1) is 15.9. The van der Waals surface area contributed by atoms with Crippen LogP contribution in [0.3, 0.4) is 0 Å². The predicted molar refractivity (Wildman–Crippen MR) is 128 cm³/mol. The number of nitrogens with zero attached hydrogens (tertiary/aromatic N) is 3. The van der Waals surface area contributed by atoms with E-state index in [0.29, 0.717) is 29.7 Å². The van der Waals surface area contributed by atoms with E-state index in [4.69, 9.17) is 0 Å². The lowest BCUT2D eigenvalue weighted by Crippen LogP contribution is -2.53. The number of allylic oxidation sites excluding steroid dienone is 1. The van der Waals surface area contributed by atoms with E-state index in [1.54, 1.807) is 6.07 Å². The number of carbonyl (C=O) groups is 3. The third-order valence-electron chi connectivity index (χ3n) is 6.66. The first-order valence-electron chi connectivity index (χ1n) is 12.1. The summed E-state index contributed by atoms with van der Waals surface area (Å²) in [4.78, 5) is 44.2. The molecular formula is C25H35N5O3. The largest absolute Gasteiger partial charge is 0.369 e. The topological polar surface area (TPSA) is 85.0 Å². The lowest BCUT2D eigenvalue weighted by molar-refractivity contribution is -0.125. The van der Waals surface area contributed by atoms with Crippen molar-refractivity contribution in [2.75, 3.05) is 50.7 Å². The average molecular weight is 454 g/mol. The van der Waals surface area contributed by atoms with Gasteiger partial charge in [0.1, 0.15) is 6.04 Å². The van der Waals surface area contributed by atoms with E-state index in [0.717, 1.165) is 62.3 Å². The van der Waals surface area contributed by atoms with Crippen LogP contribution in [0.2, 0.25) is 0 Å². The van der Waals surface area contributed by atoms with Crippen LogP contribution in [0, 0.1) is 5.92 Å². The van der Waals surface area contributed by atoms with Gasteiger partial charge in [0.15, 0.2) is 0 Å². The Morgan fingerprint density at radius 1 is 1.00 bits per heavy atom. The van der Waals surface area contributed by atoms with Crippen molar-refractivity contribution in [3.05, 3.63) is 41.6 Å². The Bertz CT molecular complexity index is 934. The molecule has 4 heterocycles. The lowest BCUT2D eigenvalue weighted by atomic mass is 10.0. The highest BCUT2D eigenvalue weighted by atomic mass is 16.2. The number of piperidine rings is 1. The van der Waals surface area contributed by atoms with Crippen LogP contribution in [-0.2, 0) is 4.79 Å². The van der Waals surface area contributed by atoms with E-state index >= 15 is 0 Å². The van der Waals surface area contributed by atoms with Gasteiger partial charge in [0.25, 0.3) is 11.8 Å². The lowest BCUT2D eigenvalue weighted by Gasteiger charge is -2.39. The van der Waals surface area contributed by atoms with Gasteiger partial charge in [0.2, 0.25) is 5.91 Å². The van der Waals surface area contributed by atoms with Gasteiger partial charge in [-0.3, -0.25) is 24.2 Å². The van der Waals surface area contributed by atoms with Crippen molar-refractivity contribution >= 4 is 23.4 Å². The highest BCUT2D eigenvalue weighted by Crippen LogP contribution is 2.31. The smallest absolute Gasteiger partial charge is 0.262 e. The number of imide groups is 1. The summed E-state index contributed by atoms with van der Waals surface area (Å²) < 4.78 is 0. The summed E-state index contributed by atoms with van der Waals surface area (Å²) in [6.45, 7) is 15.2. The molecule has 8 heteroatoms. The van der Waals surface area contributed by atoms with E-state index in [2.05, 4.69) is 40.9 Å². The number of benzene rings is 1. The van der Waals surface area contributed by atoms with Crippen LogP contribution in [0.15, 0.2) is 30.5 Å². The first kappa shape index (κ1) is 23.4. The molecule has 1 aromatic rings. The minimum absolute atomic E-state index is 0.334. The summed E-state index contributed by atoms with van der Waals surface area (Å²) in [5.41, 5.74) is 2.38. The second kappa shape index (κ2) is 10.1. The van der Waals surface area contributed by atoms with Crippen molar-refractivity contribution in [3.63, 3.8) is 0 Å². The number of rotatable bonds is 4. The molecule has 5 rings (SSSR count). The number of carbonyl (C=O) groups excluding carboxylic acids is 3. The maximum atomic E-state index is 13.1.